The van der Waals surface area contributed by atoms with Gasteiger partial charge in [-0.05, 0) is 12.1 Å². The number of aromatic amines is 1. The Morgan fingerprint density at radius 1 is 1.31 bits per heavy atom. The maximum absolute atomic E-state index is 13.6. The lowest BCUT2D eigenvalue weighted by Crippen LogP contribution is -2.14. The number of nitrogens with one attached hydrogen (secondary N) is 1. The smallest absolute Gasteiger partial charge is 0.277 e. The molecule has 0 amide bonds. The topological polar surface area (TPSA) is 36.0 Å². The van der Waals surface area contributed by atoms with Crippen LogP contribution in [-0.2, 0) is 5.92 Å². The van der Waals surface area contributed by atoms with Gasteiger partial charge in [0.2, 0.25) is 0 Å². The molecule has 0 atom stereocenters. The molecule has 0 aliphatic heterocycles. The van der Waals surface area contributed by atoms with Crippen LogP contribution in [0, 0.1) is 5.82 Å². The second kappa shape index (κ2) is 3.83. The van der Waals surface area contributed by atoms with E-state index in [0.29, 0.717) is 5.52 Å². The highest BCUT2D eigenvalue weighted by atomic mass is 19.3. The van der Waals surface area contributed by atoms with Crippen molar-refractivity contribution in [3.8, 4) is 0 Å². The quantitative estimate of drug-likeness (QED) is 0.834. The minimum absolute atomic E-state index is 0.110. The summed E-state index contributed by atoms with van der Waals surface area (Å²) in [6.07, 6.45) is 0.373. The number of aliphatic hydroxyl groups is 1. The van der Waals surface area contributed by atoms with Crippen molar-refractivity contribution in [2.45, 2.75) is 12.3 Å². The number of aliphatic hydroxyl groups excluding tert-OH is 1. The van der Waals surface area contributed by atoms with Crippen molar-refractivity contribution in [3.05, 3.63) is 35.8 Å². The van der Waals surface area contributed by atoms with Gasteiger partial charge in [-0.3, -0.25) is 0 Å². The van der Waals surface area contributed by atoms with E-state index in [4.69, 9.17) is 5.11 Å². The van der Waals surface area contributed by atoms with Gasteiger partial charge in [0, 0.05) is 35.7 Å². The lowest BCUT2D eigenvalue weighted by Gasteiger charge is -2.14. The average Bonchev–Trinajstić information content (AvgIpc) is 2.63. The highest BCUT2D eigenvalue weighted by Gasteiger charge is 2.34. The van der Waals surface area contributed by atoms with Gasteiger partial charge in [-0.1, -0.05) is 6.07 Å². The van der Waals surface area contributed by atoms with Gasteiger partial charge in [-0.2, -0.15) is 0 Å². The third-order valence-corrected chi connectivity index (χ3v) is 2.47. The van der Waals surface area contributed by atoms with Gasteiger partial charge in [0.15, 0.2) is 0 Å². The first kappa shape index (κ1) is 11.0. The highest BCUT2D eigenvalue weighted by Crippen LogP contribution is 2.37. The molecule has 1 aromatic heterocycles. The molecule has 0 spiro atoms. The van der Waals surface area contributed by atoms with E-state index in [1.54, 1.807) is 0 Å². The molecular weight excluding hydrogens is 219 g/mol. The fourth-order valence-corrected chi connectivity index (χ4v) is 1.70. The van der Waals surface area contributed by atoms with Crippen LogP contribution in [0.2, 0.25) is 0 Å². The first-order valence-electron chi connectivity index (χ1n) is 4.81. The summed E-state index contributed by atoms with van der Waals surface area (Å²) in [4.78, 5) is 2.59. The first-order chi connectivity index (χ1) is 7.56. The van der Waals surface area contributed by atoms with Gasteiger partial charge in [0.05, 0.1) is 0 Å². The molecular formula is C11H10F3NO. The molecule has 0 fully saturated rings. The van der Waals surface area contributed by atoms with E-state index in [0.717, 1.165) is 12.3 Å². The van der Waals surface area contributed by atoms with Crippen molar-refractivity contribution < 1.29 is 18.3 Å². The predicted octanol–water partition coefficient (Wildman–Crippen LogP) is 2.78. The molecule has 0 bridgehead atoms. The van der Waals surface area contributed by atoms with Gasteiger partial charge < -0.3 is 10.1 Å². The van der Waals surface area contributed by atoms with Crippen LogP contribution in [0.5, 0.6) is 0 Å². The molecule has 2 rings (SSSR count). The monoisotopic (exact) mass is 229 g/mol. The van der Waals surface area contributed by atoms with E-state index in [-0.39, 0.29) is 5.39 Å². The zero-order valence-corrected chi connectivity index (χ0v) is 8.30. The predicted molar refractivity (Wildman–Crippen MR) is 53.9 cm³/mol. The second-order valence-corrected chi connectivity index (χ2v) is 3.54. The summed E-state index contributed by atoms with van der Waals surface area (Å²) in [5, 5.41) is 8.45. The van der Waals surface area contributed by atoms with Crippen molar-refractivity contribution in [3.63, 3.8) is 0 Å². The van der Waals surface area contributed by atoms with Crippen molar-refractivity contribution in [1.82, 2.24) is 4.98 Å². The number of alkyl halides is 2. The first-order valence-corrected chi connectivity index (χ1v) is 4.81. The highest BCUT2D eigenvalue weighted by molar-refractivity contribution is 5.84. The number of benzene rings is 1. The van der Waals surface area contributed by atoms with Crippen LogP contribution in [0.4, 0.5) is 13.2 Å². The molecule has 86 valence electrons. The largest absolute Gasteiger partial charge is 0.396 e. The number of fused-ring (bicyclic) bond motifs is 1. The molecule has 16 heavy (non-hydrogen) atoms. The van der Waals surface area contributed by atoms with Crippen LogP contribution in [0.25, 0.3) is 10.9 Å². The summed E-state index contributed by atoms with van der Waals surface area (Å²) in [5.74, 6) is -3.92. The molecule has 2 nitrogen and oxygen atoms in total. The van der Waals surface area contributed by atoms with Gasteiger partial charge in [0.25, 0.3) is 5.92 Å². The number of H-pyrrole nitrogens is 1. The summed E-state index contributed by atoms with van der Waals surface area (Å²) in [5.41, 5.74) is -0.0812. The van der Waals surface area contributed by atoms with E-state index >= 15 is 0 Å². The Morgan fingerprint density at radius 2 is 2.06 bits per heavy atom. The Hall–Kier alpha value is -1.49. The summed E-state index contributed by atoms with van der Waals surface area (Å²) < 4.78 is 40.5. The number of hydrogen-bond donors (Lipinski definition) is 2. The standard InChI is InChI=1S/C11H10F3NO/c12-8-2-1-3-9-10(8)7(6-15-9)11(13,14)4-5-16/h1-3,6,15-16H,4-5H2. The van der Waals surface area contributed by atoms with Crippen molar-refractivity contribution in [2.75, 3.05) is 6.61 Å². The van der Waals surface area contributed by atoms with E-state index < -0.39 is 30.3 Å². The lowest BCUT2D eigenvalue weighted by atomic mass is 10.0. The van der Waals surface area contributed by atoms with Crippen molar-refractivity contribution in [2.24, 2.45) is 0 Å². The molecule has 0 unspecified atom stereocenters. The molecule has 5 heteroatoms. The summed E-state index contributed by atoms with van der Waals surface area (Å²) in [6, 6.07) is 4.10. The minimum Gasteiger partial charge on any atom is -0.396 e. The molecule has 1 aromatic carbocycles. The Bertz CT molecular complexity index is 507. The van der Waals surface area contributed by atoms with E-state index in [9.17, 15) is 13.2 Å². The summed E-state index contributed by atoms with van der Waals surface area (Å²) >= 11 is 0. The Kier molecular flexibility index (Phi) is 2.63. The molecule has 0 radical (unpaired) electrons. The Morgan fingerprint density at radius 3 is 2.75 bits per heavy atom. The number of rotatable bonds is 3. The summed E-state index contributed by atoms with van der Waals surface area (Å²) in [6.45, 7) is -0.645. The van der Waals surface area contributed by atoms with Crippen molar-refractivity contribution >= 4 is 10.9 Å². The van der Waals surface area contributed by atoms with Crippen LogP contribution >= 0.6 is 0 Å². The third kappa shape index (κ3) is 1.67. The van der Waals surface area contributed by atoms with Crippen LogP contribution < -0.4 is 0 Å². The normalized spacial score (nSPS) is 12.2. The van der Waals surface area contributed by atoms with Crippen LogP contribution in [0.15, 0.2) is 24.4 Å². The van der Waals surface area contributed by atoms with Crippen molar-refractivity contribution in [1.29, 1.82) is 0 Å². The molecule has 2 aromatic rings. The van der Waals surface area contributed by atoms with Crippen LogP contribution in [0.1, 0.15) is 12.0 Å². The Labute approximate surface area is 89.7 Å². The zero-order chi connectivity index (χ0) is 11.8. The summed E-state index contributed by atoms with van der Waals surface area (Å²) in [7, 11) is 0. The molecule has 1 heterocycles. The fraction of sp³-hybridized carbons (Fsp3) is 0.273. The van der Waals surface area contributed by atoms with Gasteiger partial charge in [0.1, 0.15) is 5.82 Å². The lowest BCUT2D eigenvalue weighted by molar-refractivity contribution is -0.0256. The second-order valence-electron chi connectivity index (χ2n) is 3.54. The van der Waals surface area contributed by atoms with Gasteiger partial charge in [-0.25, -0.2) is 13.2 Å². The SMILES string of the molecule is OCCC(F)(F)c1c[nH]c2cccc(F)c12. The number of aromatic nitrogens is 1. The van der Waals surface area contributed by atoms with Crippen LogP contribution in [-0.4, -0.2) is 16.7 Å². The van der Waals surface area contributed by atoms with E-state index in [1.807, 2.05) is 0 Å². The zero-order valence-electron chi connectivity index (χ0n) is 8.30. The molecule has 0 saturated carbocycles. The molecule has 0 aliphatic rings. The molecule has 2 N–H and O–H groups in total. The maximum Gasteiger partial charge on any atom is 0.277 e. The Balaban J connectivity index is 2.61. The third-order valence-electron chi connectivity index (χ3n) is 2.47. The van der Waals surface area contributed by atoms with Gasteiger partial charge >= 0.3 is 0 Å². The van der Waals surface area contributed by atoms with Crippen LogP contribution in [0.3, 0.4) is 0 Å². The minimum atomic E-state index is -3.23. The maximum atomic E-state index is 13.6. The number of hydrogen-bond acceptors (Lipinski definition) is 1. The fourth-order valence-electron chi connectivity index (χ4n) is 1.70. The van der Waals surface area contributed by atoms with Gasteiger partial charge in [-0.15, -0.1) is 0 Å². The molecule has 0 saturated heterocycles. The average molecular weight is 229 g/mol. The molecule has 0 aliphatic carbocycles. The number of halogens is 3. The van der Waals surface area contributed by atoms with E-state index in [1.165, 1.54) is 12.1 Å². The van der Waals surface area contributed by atoms with E-state index in [2.05, 4.69) is 4.98 Å².